The van der Waals surface area contributed by atoms with Gasteiger partial charge in [-0.2, -0.15) is 0 Å². The SMILES string of the molecule is COCCOc1cc(C)ccc1NC(=O)Cc1ccc(Cl)c(Cl)c1. The second kappa shape index (κ2) is 8.92. The van der Waals surface area contributed by atoms with Crippen LogP contribution < -0.4 is 10.1 Å². The number of benzene rings is 2. The van der Waals surface area contributed by atoms with Crippen LogP contribution in [0.2, 0.25) is 10.0 Å². The lowest BCUT2D eigenvalue weighted by atomic mass is 10.1. The Kier molecular flexibility index (Phi) is 6.91. The molecule has 0 spiro atoms. The van der Waals surface area contributed by atoms with Gasteiger partial charge in [0.05, 0.1) is 28.8 Å². The summed E-state index contributed by atoms with van der Waals surface area (Å²) in [5.41, 5.74) is 2.46. The second-order valence-electron chi connectivity index (χ2n) is 5.31. The zero-order valence-corrected chi connectivity index (χ0v) is 15.1. The molecule has 0 aliphatic carbocycles. The van der Waals surface area contributed by atoms with E-state index in [-0.39, 0.29) is 12.3 Å². The Morgan fingerprint density at radius 1 is 1.08 bits per heavy atom. The number of ether oxygens (including phenoxy) is 2. The normalized spacial score (nSPS) is 10.5. The third kappa shape index (κ3) is 5.41. The first-order chi connectivity index (χ1) is 11.5. The Morgan fingerprint density at radius 3 is 2.58 bits per heavy atom. The van der Waals surface area contributed by atoms with E-state index in [1.807, 2.05) is 25.1 Å². The summed E-state index contributed by atoms with van der Waals surface area (Å²) >= 11 is 11.9. The van der Waals surface area contributed by atoms with E-state index in [1.165, 1.54) is 0 Å². The molecule has 2 aromatic carbocycles. The highest BCUT2D eigenvalue weighted by molar-refractivity contribution is 6.42. The minimum atomic E-state index is -0.158. The number of carbonyl (C=O) groups excluding carboxylic acids is 1. The number of nitrogens with one attached hydrogen (secondary N) is 1. The summed E-state index contributed by atoms with van der Waals surface area (Å²) in [6.07, 6.45) is 0.197. The van der Waals surface area contributed by atoms with E-state index in [0.29, 0.717) is 34.7 Å². The van der Waals surface area contributed by atoms with E-state index >= 15 is 0 Å². The summed E-state index contributed by atoms with van der Waals surface area (Å²) in [5, 5.41) is 3.76. The molecule has 0 unspecified atom stereocenters. The van der Waals surface area contributed by atoms with Crippen molar-refractivity contribution in [3.05, 3.63) is 57.6 Å². The fourth-order valence-corrected chi connectivity index (χ4v) is 2.44. The third-order valence-corrected chi connectivity index (χ3v) is 4.04. The van der Waals surface area contributed by atoms with E-state index in [1.54, 1.807) is 25.3 Å². The molecule has 1 amide bonds. The topological polar surface area (TPSA) is 47.6 Å². The first-order valence-corrected chi connectivity index (χ1v) is 8.21. The van der Waals surface area contributed by atoms with Crippen LogP contribution in [0.4, 0.5) is 5.69 Å². The summed E-state index contributed by atoms with van der Waals surface area (Å²) in [6.45, 7) is 2.85. The van der Waals surface area contributed by atoms with Gasteiger partial charge in [0.1, 0.15) is 12.4 Å². The molecule has 4 nitrogen and oxygen atoms in total. The molecule has 0 bridgehead atoms. The standard InChI is InChI=1S/C18H19Cl2NO3/c1-12-3-6-16(17(9-12)24-8-7-23-2)21-18(22)11-13-4-5-14(19)15(20)10-13/h3-6,9-10H,7-8,11H2,1-2H3,(H,21,22). The molecule has 0 radical (unpaired) electrons. The Bertz CT molecular complexity index is 719. The van der Waals surface area contributed by atoms with Gasteiger partial charge in [0, 0.05) is 7.11 Å². The van der Waals surface area contributed by atoms with Crippen molar-refractivity contribution >= 4 is 34.8 Å². The van der Waals surface area contributed by atoms with E-state index in [0.717, 1.165) is 11.1 Å². The maximum absolute atomic E-state index is 12.3. The van der Waals surface area contributed by atoms with Crippen molar-refractivity contribution in [2.75, 3.05) is 25.6 Å². The lowest BCUT2D eigenvalue weighted by Gasteiger charge is -2.13. The molecular formula is C18H19Cl2NO3. The van der Waals surface area contributed by atoms with Crippen LogP contribution in [0.3, 0.4) is 0 Å². The van der Waals surface area contributed by atoms with Gasteiger partial charge in [-0.25, -0.2) is 0 Å². The number of hydrogen-bond acceptors (Lipinski definition) is 3. The summed E-state index contributed by atoms with van der Waals surface area (Å²) in [6, 6.07) is 10.8. The van der Waals surface area contributed by atoms with Crippen LogP contribution in [-0.4, -0.2) is 26.2 Å². The molecular weight excluding hydrogens is 349 g/mol. The molecule has 0 saturated carbocycles. The van der Waals surface area contributed by atoms with Crippen LogP contribution in [0.25, 0.3) is 0 Å². The van der Waals surface area contributed by atoms with Crippen LogP contribution >= 0.6 is 23.2 Å². The van der Waals surface area contributed by atoms with E-state index in [4.69, 9.17) is 32.7 Å². The van der Waals surface area contributed by atoms with Crippen molar-refractivity contribution in [2.24, 2.45) is 0 Å². The lowest BCUT2D eigenvalue weighted by Crippen LogP contribution is -2.16. The monoisotopic (exact) mass is 367 g/mol. The highest BCUT2D eigenvalue weighted by atomic mass is 35.5. The van der Waals surface area contributed by atoms with Gasteiger partial charge >= 0.3 is 0 Å². The highest BCUT2D eigenvalue weighted by Gasteiger charge is 2.10. The first-order valence-electron chi connectivity index (χ1n) is 7.45. The van der Waals surface area contributed by atoms with E-state index < -0.39 is 0 Å². The van der Waals surface area contributed by atoms with Gasteiger partial charge < -0.3 is 14.8 Å². The smallest absolute Gasteiger partial charge is 0.228 e. The Balaban J connectivity index is 2.06. The summed E-state index contributed by atoms with van der Waals surface area (Å²) in [4.78, 5) is 12.3. The molecule has 0 aliphatic rings. The Hall–Kier alpha value is -1.75. The first kappa shape index (κ1) is 18.6. The van der Waals surface area contributed by atoms with Crippen LogP contribution in [0.15, 0.2) is 36.4 Å². The molecule has 2 rings (SSSR count). The second-order valence-corrected chi connectivity index (χ2v) is 6.13. The maximum atomic E-state index is 12.3. The van der Waals surface area contributed by atoms with Crippen LogP contribution in [0.1, 0.15) is 11.1 Å². The largest absolute Gasteiger partial charge is 0.489 e. The van der Waals surface area contributed by atoms with Gasteiger partial charge in [0.15, 0.2) is 0 Å². The third-order valence-electron chi connectivity index (χ3n) is 3.30. The molecule has 0 saturated heterocycles. The highest BCUT2D eigenvalue weighted by Crippen LogP contribution is 2.27. The van der Waals surface area contributed by atoms with Crippen molar-refractivity contribution in [3.63, 3.8) is 0 Å². The van der Waals surface area contributed by atoms with Crippen LogP contribution in [0.5, 0.6) is 5.75 Å². The quantitative estimate of drug-likeness (QED) is 0.732. The van der Waals surface area contributed by atoms with Crippen molar-refractivity contribution < 1.29 is 14.3 Å². The zero-order valence-electron chi connectivity index (χ0n) is 13.6. The van der Waals surface area contributed by atoms with Crippen LogP contribution in [0, 0.1) is 6.92 Å². The van der Waals surface area contributed by atoms with Gasteiger partial charge in [0.2, 0.25) is 5.91 Å². The molecule has 24 heavy (non-hydrogen) atoms. The molecule has 0 atom stereocenters. The fourth-order valence-electron chi connectivity index (χ4n) is 2.12. The van der Waals surface area contributed by atoms with Gasteiger partial charge in [-0.1, -0.05) is 35.3 Å². The number of methoxy groups -OCH3 is 1. The van der Waals surface area contributed by atoms with Gasteiger partial charge in [-0.3, -0.25) is 4.79 Å². The minimum absolute atomic E-state index is 0.158. The average molecular weight is 368 g/mol. The van der Waals surface area contributed by atoms with E-state index in [2.05, 4.69) is 5.32 Å². The number of carbonyl (C=O) groups is 1. The molecule has 6 heteroatoms. The number of rotatable bonds is 7. The molecule has 0 aromatic heterocycles. The fraction of sp³-hybridized carbons (Fsp3) is 0.278. The molecule has 0 aliphatic heterocycles. The minimum Gasteiger partial charge on any atom is -0.489 e. The van der Waals surface area contributed by atoms with Gasteiger partial charge in [0.25, 0.3) is 0 Å². The lowest BCUT2D eigenvalue weighted by molar-refractivity contribution is -0.115. The Morgan fingerprint density at radius 2 is 1.88 bits per heavy atom. The number of halogens is 2. The van der Waals surface area contributed by atoms with Crippen molar-refractivity contribution in [1.29, 1.82) is 0 Å². The molecule has 128 valence electrons. The molecule has 1 N–H and O–H groups in total. The Labute approximate surface area is 151 Å². The number of aryl methyl sites for hydroxylation is 1. The van der Waals surface area contributed by atoms with E-state index in [9.17, 15) is 4.79 Å². The maximum Gasteiger partial charge on any atom is 0.228 e. The molecule has 0 heterocycles. The molecule has 2 aromatic rings. The summed E-state index contributed by atoms with van der Waals surface area (Å²) in [5.74, 6) is 0.461. The summed E-state index contributed by atoms with van der Waals surface area (Å²) < 4.78 is 10.6. The van der Waals surface area contributed by atoms with Crippen molar-refractivity contribution in [2.45, 2.75) is 13.3 Å². The van der Waals surface area contributed by atoms with Crippen LogP contribution in [-0.2, 0) is 16.0 Å². The van der Waals surface area contributed by atoms with Crippen molar-refractivity contribution in [1.82, 2.24) is 0 Å². The van der Waals surface area contributed by atoms with Gasteiger partial charge in [-0.15, -0.1) is 0 Å². The average Bonchev–Trinajstić information content (AvgIpc) is 2.53. The van der Waals surface area contributed by atoms with Gasteiger partial charge in [-0.05, 0) is 42.3 Å². The zero-order chi connectivity index (χ0) is 17.5. The number of anilines is 1. The number of hydrogen-bond donors (Lipinski definition) is 1. The predicted molar refractivity (Wildman–Crippen MR) is 97.3 cm³/mol. The summed E-state index contributed by atoms with van der Waals surface area (Å²) in [7, 11) is 1.61. The predicted octanol–water partition coefficient (Wildman–Crippen LogP) is 4.51. The number of amides is 1. The molecule has 0 fully saturated rings. The van der Waals surface area contributed by atoms with Crippen molar-refractivity contribution in [3.8, 4) is 5.75 Å².